The number of rotatable bonds is 3. The molecule has 2 aromatic heterocycles. The lowest BCUT2D eigenvalue weighted by Crippen LogP contribution is -2.21. The lowest BCUT2D eigenvalue weighted by molar-refractivity contribution is 0.1000. The van der Waals surface area contributed by atoms with Crippen molar-refractivity contribution in [2.45, 2.75) is 6.54 Å². The average molecular weight is 303 g/mol. The Balaban J connectivity index is 2.06. The van der Waals surface area contributed by atoms with Crippen molar-refractivity contribution in [3.8, 4) is 0 Å². The number of hydrogen-bond donors (Lipinski definition) is 1. The Morgan fingerprint density at radius 2 is 2.19 bits per heavy atom. The van der Waals surface area contributed by atoms with Gasteiger partial charge in [-0.1, -0.05) is 0 Å². The molecule has 3 aromatic rings. The van der Waals surface area contributed by atoms with E-state index in [1.165, 1.54) is 34.4 Å². The van der Waals surface area contributed by atoms with Gasteiger partial charge in [0.15, 0.2) is 0 Å². The minimum Gasteiger partial charge on any atom is -0.366 e. The summed E-state index contributed by atoms with van der Waals surface area (Å²) in [6, 6.07) is 5.57. The smallest absolute Gasteiger partial charge is 0.271 e. The number of carbonyl (C=O) groups is 1. The Morgan fingerprint density at radius 1 is 1.38 bits per heavy atom. The number of thiophene rings is 1. The molecule has 0 aliphatic carbocycles. The average Bonchev–Trinajstić information content (AvgIpc) is 2.93. The summed E-state index contributed by atoms with van der Waals surface area (Å²) in [4.78, 5) is 27.5. The lowest BCUT2D eigenvalue weighted by Gasteiger charge is -2.07. The quantitative estimate of drug-likeness (QED) is 0.800. The van der Waals surface area contributed by atoms with Gasteiger partial charge in [-0.25, -0.2) is 9.37 Å². The third kappa shape index (κ3) is 2.43. The van der Waals surface area contributed by atoms with E-state index in [2.05, 4.69) is 4.98 Å². The fourth-order valence-electron chi connectivity index (χ4n) is 2.02. The number of benzene rings is 1. The first kappa shape index (κ1) is 13.4. The molecule has 5 nitrogen and oxygen atoms in total. The molecule has 0 aliphatic rings. The molecule has 1 aromatic carbocycles. The molecule has 0 saturated heterocycles. The van der Waals surface area contributed by atoms with Gasteiger partial charge in [-0.15, -0.1) is 11.3 Å². The number of halogens is 1. The zero-order valence-corrected chi connectivity index (χ0v) is 11.6. The largest absolute Gasteiger partial charge is 0.366 e. The van der Waals surface area contributed by atoms with Crippen LogP contribution in [0, 0.1) is 5.82 Å². The SMILES string of the molecule is NC(=O)c1ccc(F)c(Cn2cnc3ccsc3c2=O)c1. The number of primary amides is 1. The maximum Gasteiger partial charge on any atom is 0.271 e. The summed E-state index contributed by atoms with van der Waals surface area (Å²) in [5.74, 6) is -1.14. The summed E-state index contributed by atoms with van der Waals surface area (Å²) >= 11 is 1.29. The van der Waals surface area contributed by atoms with Crippen molar-refractivity contribution in [1.29, 1.82) is 0 Å². The van der Waals surface area contributed by atoms with Gasteiger partial charge in [0.2, 0.25) is 5.91 Å². The van der Waals surface area contributed by atoms with Crippen LogP contribution in [0.4, 0.5) is 4.39 Å². The van der Waals surface area contributed by atoms with Gasteiger partial charge in [-0.3, -0.25) is 14.2 Å². The van der Waals surface area contributed by atoms with E-state index >= 15 is 0 Å². The van der Waals surface area contributed by atoms with Crippen LogP contribution in [0.3, 0.4) is 0 Å². The Labute approximate surface area is 122 Å². The summed E-state index contributed by atoms with van der Waals surface area (Å²) < 4.78 is 15.6. The van der Waals surface area contributed by atoms with Crippen molar-refractivity contribution in [3.05, 3.63) is 63.3 Å². The topological polar surface area (TPSA) is 78.0 Å². The van der Waals surface area contributed by atoms with E-state index in [1.807, 2.05) is 0 Å². The number of amides is 1. The van der Waals surface area contributed by atoms with Crippen molar-refractivity contribution in [2.75, 3.05) is 0 Å². The second kappa shape index (κ2) is 5.10. The summed E-state index contributed by atoms with van der Waals surface area (Å²) in [5.41, 5.74) is 5.97. The minimum atomic E-state index is -0.643. The summed E-state index contributed by atoms with van der Waals surface area (Å²) in [5, 5.41) is 1.78. The van der Waals surface area contributed by atoms with Crippen LogP contribution in [0.5, 0.6) is 0 Å². The molecular weight excluding hydrogens is 293 g/mol. The maximum atomic E-state index is 13.8. The maximum absolute atomic E-state index is 13.8. The lowest BCUT2D eigenvalue weighted by atomic mass is 10.1. The second-order valence-corrected chi connectivity index (χ2v) is 5.40. The van der Waals surface area contributed by atoms with Crippen molar-refractivity contribution in [1.82, 2.24) is 9.55 Å². The number of hydrogen-bond acceptors (Lipinski definition) is 4. The van der Waals surface area contributed by atoms with Crippen molar-refractivity contribution < 1.29 is 9.18 Å². The van der Waals surface area contributed by atoms with Crippen LogP contribution in [0.15, 0.2) is 40.8 Å². The zero-order valence-electron chi connectivity index (χ0n) is 10.7. The normalized spacial score (nSPS) is 10.9. The standard InChI is InChI=1S/C14H10FN3O2S/c15-10-2-1-8(13(16)19)5-9(10)6-18-7-17-11-3-4-21-12(11)14(18)20/h1-5,7H,6H2,(H2,16,19). The van der Waals surface area contributed by atoms with E-state index in [1.54, 1.807) is 11.4 Å². The first-order valence-corrected chi connectivity index (χ1v) is 6.95. The molecule has 0 saturated carbocycles. The fraction of sp³-hybridized carbons (Fsp3) is 0.0714. The Kier molecular flexibility index (Phi) is 3.26. The molecule has 1 amide bonds. The van der Waals surface area contributed by atoms with Gasteiger partial charge in [0.05, 0.1) is 18.4 Å². The van der Waals surface area contributed by atoms with E-state index in [4.69, 9.17) is 5.73 Å². The molecule has 0 unspecified atom stereocenters. The molecule has 0 fully saturated rings. The Morgan fingerprint density at radius 3 is 2.95 bits per heavy atom. The first-order chi connectivity index (χ1) is 10.1. The van der Waals surface area contributed by atoms with Crippen LogP contribution < -0.4 is 11.3 Å². The molecule has 0 bridgehead atoms. The first-order valence-electron chi connectivity index (χ1n) is 6.07. The number of nitrogens with zero attached hydrogens (tertiary/aromatic N) is 2. The van der Waals surface area contributed by atoms with E-state index in [9.17, 15) is 14.0 Å². The van der Waals surface area contributed by atoms with Gasteiger partial charge in [0.25, 0.3) is 5.56 Å². The molecule has 0 spiro atoms. The highest BCUT2D eigenvalue weighted by Crippen LogP contribution is 2.15. The van der Waals surface area contributed by atoms with E-state index in [0.717, 1.165) is 6.07 Å². The van der Waals surface area contributed by atoms with E-state index in [-0.39, 0.29) is 23.2 Å². The molecule has 2 heterocycles. The molecule has 0 aliphatic heterocycles. The molecule has 3 rings (SSSR count). The van der Waals surface area contributed by atoms with Crippen LogP contribution in [-0.4, -0.2) is 15.5 Å². The molecule has 0 radical (unpaired) electrons. The summed E-state index contributed by atoms with van der Waals surface area (Å²) in [6.45, 7) is -0.00731. The summed E-state index contributed by atoms with van der Waals surface area (Å²) in [6.07, 6.45) is 1.37. The highest BCUT2D eigenvalue weighted by Gasteiger charge is 2.10. The fourth-order valence-corrected chi connectivity index (χ4v) is 2.82. The van der Waals surface area contributed by atoms with Crippen LogP contribution in [0.25, 0.3) is 10.2 Å². The van der Waals surface area contributed by atoms with Gasteiger partial charge in [0, 0.05) is 11.1 Å². The second-order valence-electron chi connectivity index (χ2n) is 4.48. The number of aromatic nitrogens is 2. The van der Waals surface area contributed by atoms with Crippen molar-refractivity contribution in [2.24, 2.45) is 5.73 Å². The van der Waals surface area contributed by atoms with Crippen LogP contribution >= 0.6 is 11.3 Å². The van der Waals surface area contributed by atoms with Crippen molar-refractivity contribution in [3.63, 3.8) is 0 Å². The van der Waals surface area contributed by atoms with Crippen molar-refractivity contribution >= 4 is 27.5 Å². The zero-order chi connectivity index (χ0) is 15.0. The number of carbonyl (C=O) groups excluding carboxylic acids is 1. The molecular formula is C14H10FN3O2S. The van der Waals surface area contributed by atoms with Gasteiger partial charge < -0.3 is 5.73 Å². The molecule has 2 N–H and O–H groups in total. The van der Waals surface area contributed by atoms with Gasteiger partial charge >= 0.3 is 0 Å². The predicted molar refractivity (Wildman–Crippen MR) is 77.9 cm³/mol. The third-order valence-corrected chi connectivity index (χ3v) is 4.00. The molecule has 106 valence electrons. The highest BCUT2D eigenvalue weighted by atomic mass is 32.1. The minimum absolute atomic E-state index is 0.00731. The van der Waals surface area contributed by atoms with Gasteiger partial charge in [0.1, 0.15) is 10.5 Å². The molecule has 0 atom stereocenters. The summed E-state index contributed by atoms with van der Waals surface area (Å²) in [7, 11) is 0. The monoisotopic (exact) mass is 303 g/mol. The van der Waals surface area contributed by atoms with Gasteiger partial charge in [-0.2, -0.15) is 0 Å². The number of nitrogens with two attached hydrogens (primary N) is 1. The van der Waals surface area contributed by atoms with E-state index in [0.29, 0.717) is 10.2 Å². The third-order valence-electron chi connectivity index (χ3n) is 3.11. The highest BCUT2D eigenvalue weighted by molar-refractivity contribution is 7.17. The number of fused-ring (bicyclic) bond motifs is 1. The predicted octanol–water partition coefficient (Wildman–Crippen LogP) is 1.74. The molecule has 21 heavy (non-hydrogen) atoms. The molecule has 7 heteroatoms. The van der Waals surface area contributed by atoms with Crippen LogP contribution in [0.2, 0.25) is 0 Å². The van der Waals surface area contributed by atoms with Gasteiger partial charge in [-0.05, 0) is 29.6 Å². The Hall–Kier alpha value is -2.54. The van der Waals surface area contributed by atoms with Crippen LogP contribution in [-0.2, 0) is 6.54 Å². The van der Waals surface area contributed by atoms with Crippen LogP contribution in [0.1, 0.15) is 15.9 Å². The Bertz CT molecular complexity index is 901. The van der Waals surface area contributed by atoms with E-state index < -0.39 is 11.7 Å².